The topological polar surface area (TPSA) is 92.2 Å². The van der Waals surface area contributed by atoms with Gasteiger partial charge in [0.25, 0.3) is 5.91 Å². The molecule has 0 aliphatic heterocycles. The number of carboxylic acids is 1. The van der Waals surface area contributed by atoms with E-state index in [-0.39, 0.29) is 11.3 Å². The number of aromatic nitrogens is 2. The van der Waals surface area contributed by atoms with Gasteiger partial charge in [-0.05, 0) is 28.1 Å². The molecule has 92 valence electrons. The molecule has 8 heteroatoms. The Morgan fingerprint density at radius 3 is 2.56 bits per heavy atom. The zero-order chi connectivity index (χ0) is 13.1. The maximum atomic E-state index is 11.7. The zero-order valence-corrected chi connectivity index (χ0v) is 11.2. The highest BCUT2D eigenvalue weighted by Crippen LogP contribution is 2.23. The molecule has 0 unspecified atom stereocenters. The van der Waals surface area contributed by atoms with Crippen molar-refractivity contribution in [1.82, 2.24) is 9.97 Å². The number of aromatic carboxylic acids is 1. The van der Waals surface area contributed by atoms with Gasteiger partial charge in [0.1, 0.15) is 5.69 Å². The lowest BCUT2D eigenvalue weighted by molar-refractivity contribution is 0.0696. The van der Waals surface area contributed by atoms with Gasteiger partial charge in [0.05, 0.1) is 15.5 Å². The van der Waals surface area contributed by atoms with Crippen molar-refractivity contribution in [2.75, 3.05) is 5.32 Å². The van der Waals surface area contributed by atoms with Crippen LogP contribution in [0, 0.1) is 0 Å². The number of carbonyl (C=O) groups is 2. The van der Waals surface area contributed by atoms with E-state index in [4.69, 9.17) is 5.11 Å². The van der Waals surface area contributed by atoms with E-state index < -0.39 is 11.9 Å². The van der Waals surface area contributed by atoms with Gasteiger partial charge in [-0.15, -0.1) is 0 Å². The van der Waals surface area contributed by atoms with E-state index in [0.29, 0.717) is 5.13 Å². The fourth-order valence-electron chi connectivity index (χ4n) is 1.13. The Morgan fingerprint density at radius 2 is 2.06 bits per heavy atom. The van der Waals surface area contributed by atoms with Gasteiger partial charge in [0, 0.05) is 6.20 Å². The third kappa shape index (κ3) is 2.90. The number of pyridine rings is 1. The van der Waals surface area contributed by atoms with Crippen LogP contribution < -0.4 is 5.32 Å². The molecule has 0 radical (unpaired) electrons. The van der Waals surface area contributed by atoms with E-state index in [9.17, 15) is 9.59 Å². The number of halogens is 1. The highest BCUT2D eigenvalue weighted by molar-refractivity contribution is 9.11. The predicted octanol–water partition coefficient (Wildman–Crippen LogP) is 2.25. The monoisotopic (exact) mass is 327 g/mol. The van der Waals surface area contributed by atoms with Crippen LogP contribution in [0.1, 0.15) is 20.8 Å². The Labute approximate surface area is 114 Å². The van der Waals surface area contributed by atoms with Crippen LogP contribution in [0.25, 0.3) is 0 Å². The maximum Gasteiger partial charge on any atom is 0.337 e. The number of rotatable bonds is 3. The van der Waals surface area contributed by atoms with Gasteiger partial charge in [-0.2, -0.15) is 0 Å². The van der Waals surface area contributed by atoms with Gasteiger partial charge in [0.2, 0.25) is 0 Å². The summed E-state index contributed by atoms with van der Waals surface area (Å²) >= 11 is 4.50. The van der Waals surface area contributed by atoms with Crippen molar-refractivity contribution in [2.45, 2.75) is 0 Å². The second-order valence-electron chi connectivity index (χ2n) is 3.16. The van der Waals surface area contributed by atoms with E-state index in [0.717, 1.165) is 9.98 Å². The van der Waals surface area contributed by atoms with Crippen LogP contribution in [0.5, 0.6) is 0 Å². The first kappa shape index (κ1) is 12.7. The molecule has 0 aliphatic carbocycles. The van der Waals surface area contributed by atoms with Crippen LogP contribution in [0.15, 0.2) is 28.3 Å². The molecular weight excluding hydrogens is 322 g/mol. The second-order valence-corrected chi connectivity index (χ2v) is 5.57. The molecule has 0 atom stereocenters. The van der Waals surface area contributed by atoms with Gasteiger partial charge in [0.15, 0.2) is 5.13 Å². The lowest BCUT2D eigenvalue weighted by Crippen LogP contribution is -2.13. The quantitative estimate of drug-likeness (QED) is 0.901. The molecule has 1 amide bonds. The first-order valence-corrected chi connectivity index (χ1v) is 6.29. The van der Waals surface area contributed by atoms with Gasteiger partial charge < -0.3 is 5.11 Å². The van der Waals surface area contributed by atoms with Gasteiger partial charge in [-0.25, -0.2) is 9.78 Å². The SMILES string of the molecule is O=C(O)c1ccc(C(=O)Nc2ncc(Br)s2)nc1. The second kappa shape index (κ2) is 5.23. The number of nitrogens with one attached hydrogen (secondary N) is 1. The zero-order valence-electron chi connectivity index (χ0n) is 8.75. The molecule has 2 rings (SSSR count). The maximum absolute atomic E-state index is 11.7. The van der Waals surface area contributed by atoms with Crippen molar-refractivity contribution in [3.63, 3.8) is 0 Å². The third-order valence-electron chi connectivity index (χ3n) is 1.94. The summed E-state index contributed by atoms with van der Waals surface area (Å²) in [6.07, 6.45) is 2.70. The first-order chi connectivity index (χ1) is 8.56. The molecule has 0 aromatic carbocycles. The normalized spacial score (nSPS) is 10.1. The first-order valence-electron chi connectivity index (χ1n) is 4.68. The van der Waals surface area contributed by atoms with Crippen LogP contribution >= 0.6 is 27.3 Å². The number of amides is 1. The van der Waals surface area contributed by atoms with E-state index in [2.05, 4.69) is 31.2 Å². The molecule has 0 saturated carbocycles. The van der Waals surface area contributed by atoms with E-state index in [1.807, 2.05) is 0 Å². The Hall–Kier alpha value is -1.80. The van der Waals surface area contributed by atoms with Crippen molar-refractivity contribution in [1.29, 1.82) is 0 Å². The Morgan fingerprint density at radius 1 is 1.28 bits per heavy atom. The minimum atomic E-state index is -1.08. The van der Waals surface area contributed by atoms with E-state index in [1.54, 1.807) is 6.20 Å². The summed E-state index contributed by atoms with van der Waals surface area (Å²) in [7, 11) is 0. The fraction of sp³-hybridized carbons (Fsp3) is 0. The Bertz CT molecular complexity index is 597. The highest BCUT2D eigenvalue weighted by Gasteiger charge is 2.11. The number of carboxylic acid groups (broad SMARTS) is 1. The third-order valence-corrected chi connectivity index (χ3v) is 3.33. The smallest absolute Gasteiger partial charge is 0.337 e. The molecular formula is C10H6BrN3O3S. The molecule has 0 saturated heterocycles. The van der Waals surface area contributed by atoms with Crippen LogP contribution in [0.2, 0.25) is 0 Å². The number of hydrogen-bond acceptors (Lipinski definition) is 5. The average Bonchev–Trinajstić information content (AvgIpc) is 2.75. The van der Waals surface area contributed by atoms with Gasteiger partial charge >= 0.3 is 5.97 Å². The minimum Gasteiger partial charge on any atom is -0.478 e. The van der Waals surface area contributed by atoms with E-state index >= 15 is 0 Å². The average molecular weight is 328 g/mol. The van der Waals surface area contributed by atoms with Crippen molar-refractivity contribution in [3.05, 3.63) is 39.6 Å². The van der Waals surface area contributed by atoms with Gasteiger partial charge in [-0.3, -0.25) is 15.1 Å². The summed E-state index contributed by atoms with van der Waals surface area (Å²) in [5.41, 5.74) is 0.162. The highest BCUT2D eigenvalue weighted by atomic mass is 79.9. The van der Waals surface area contributed by atoms with Crippen molar-refractivity contribution >= 4 is 44.3 Å². The minimum absolute atomic E-state index is 0.0311. The molecule has 2 N–H and O–H groups in total. The van der Waals surface area contributed by atoms with Crippen molar-refractivity contribution < 1.29 is 14.7 Å². The Kier molecular flexibility index (Phi) is 3.68. The summed E-state index contributed by atoms with van der Waals surface area (Å²) in [6, 6.07) is 2.67. The molecule has 18 heavy (non-hydrogen) atoms. The van der Waals surface area contributed by atoms with Crippen molar-refractivity contribution in [3.8, 4) is 0 Å². The molecule has 2 aromatic rings. The molecule has 0 bridgehead atoms. The molecule has 0 spiro atoms. The summed E-state index contributed by atoms with van der Waals surface area (Å²) in [5, 5.41) is 11.7. The van der Waals surface area contributed by atoms with Crippen LogP contribution in [0.3, 0.4) is 0 Å². The number of thiazole rings is 1. The van der Waals surface area contributed by atoms with E-state index in [1.165, 1.54) is 23.5 Å². The van der Waals surface area contributed by atoms with Crippen LogP contribution in [0.4, 0.5) is 5.13 Å². The Balaban J connectivity index is 2.11. The summed E-state index contributed by atoms with van der Waals surface area (Å²) in [5.74, 6) is -1.52. The largest absolute Gasteiger partial charge is 0.478 e. The number of nitrogens with zero attached hydrogens (tertiary/aromatic N) is 2. The lowest BCUT2D eigenvalue weighted by atomic mass is 10.2. The predicted molar refractivity (Wildman–Crippen MR) is 69.0 cm³/mol. The van der Waals surface area contributed by atoms with Gasteiger partial charge in [-0.1, -0.05) is 11.3 Å². The lowest BCUT2D eigenvalue weighted by Gasteiger charge is -2.00. The molecule has 0 fully saturated rings. The summed E-state index contributed by atoms with van der Waals surface area (Å²) in [6.45, 7) is 0. The van der Waals surface area contributed by atoms with Crippen LogP contribution in [-0.4, -0.2) is 27.0 Å². The molecule has 2 heterocycles. The summed E-state index contributed by atoms with van der Waals surface area (Å²) < 4.78 is 0.798. The number of anilines is 1. The number of carbonyl (C=O) groups excluding carboxylic acids is 1. The summed E-state index contributed by atoms with van der Waals surface area (Å²) in [4.78, 5) is 30.1. The van der Waals surface area contributed by atoms with Crippen molar-refractivity contribution in [2.24, 2.45) is 0 Å². The standard InChI is InChI=1S/C10H6BrN3O3S/c11-7-4-13-10(18-7)14-8(15)6-2-1-5(3-12-6)9(16)17/h1-4H,(H,16,17)(H,13,14,15). The molecule has 2 aromatic heterocycles. The number of hydrogen-bond donors (Lipinski definition) is 2. The van der Waals surface area contributed by atoms with Crippen LogP contribution in [-0.2, 0) is 0 Å². The molecule has 0 aliphatic rings. The molecule has 6 nitrogen and oxygen atoms in total. The fourth-order valence-corrected chi connectivity index (χ4v) is 2.23.